The number of ether oxygens (including phenoxy) is 2. The van der Waals surface area contributed by atoms with Crippen molar-refractivity contribution in [1.29, 1.82) is 0 Å². The van der Waals surface area contributed by atoms with Gasteiger partial charge in [0.2, 0.25) is 0 Å². The van der Waals surface area contributed by atoms with Crippen LogP contribution in [-0.4, -0.2) is 22.4 Å². The number of hydrogen-bond donors (Lipinski definition) is 0. The molecule has 30 heavy (non-hydrogen) atoms. The Kier molecular flexibility index (Phi) is 6.61. The van der Waals surface area contributed by atoms with Crippen LogP contribution in [0.25, 0.3) is 0 Å². The Morgan fingerprint density at radius 1 is 0.533 bits per heavy atom. The van der Waals surface area contributed by atoms with Crippen LogP contribution in [0.4, 0.5) is 0 Å². The summed E-state index contributed by atoms with van der Waals surface area (Å²) < 4.78 is 10.4. The first kappa shape index (κ1) is 21.2. The van der Waals surface area contributed by atoms with E-state index in [4.69, 9.17) is 32.7 Å². The van der Waals surface area contributed by atoms with E-state index in [1.807, 2.05) is 0 Å². The summed E-state index contributed by atoms with van der Waals surface area (Å²) >= 11 is 11.0. The third-order valence-electron chi connectivity index (χ3n) is 3.96. The lowest BCUT2D eigenvalue weighted by Crippen LogP contribution is -2.13. The van der Waals surface area contributed by atoms with E-state index in [2.05, 4.69) is 0 Å². The van der Waals surface area contributed by atoms with Crippen molar-refractivity contribution >= 4 is 45.6 Å². The van der Waals surface area contributed by atoms with Gasteiger partial charge in [0, 0.05) is 0 Å². The zero-order valence-electron chi connectivity index (χ0n) is 15.1. The molecule has 0 aliphatic heterocycles. The zero-order chi connectivity index (χ0) is 21.7. The van der Waals surface area contributed by atoms with E-state index < -0.39 is 22.4 Å². The number of para-hydroxylation sites is 2. The molecule has 0 spiro atoms. The Hall–Kier alpha value is -3.48. The molecule has 3 aromatic rings. The standard InChI is InChI=1S/C22H12Cl2O6/c23-19(25)15-5-1-3-7-17(15)29-21(27)13-9-11-14(12-10-13)22(28)30-18-8-4-2-6-16(18)20(24)26/h1-12H. The first-order valence-electron chi connectivity index (χ1n) is 8.49. The molecule has 0 bridgehead atoms. The van der Waals surface area contributed by atoms with E-state index in [1.54, 1.807) is 24.3 Å². The molecule has 6 nitrogen and oxygen atoms in total. The molecule has 0 atom stereocenters. The van der Waals surface area contributed by atoms with Gasteiger partial charge in [0.05, 0.1) is 22.3 Å². The predicted molar refractivity (Wildman–Crippen MR) is 110 cm³/mol. The first-order valence-corrected chi connectivity index (χ1v) is 9.24. The number of esters is 2. The molecule has 3 aromatic carbocycles. The maximum Gasteiger partial charge on any atom is 0.343 e. The van der Waals surface area contributed by atoms with Crippen molar-refractivity contribution in [2.45, 2.75) is 0 Å². The van der Waals surface area contributed by atoms with Crippen molar-refractivity contribution in [1.82, 2.24) is 0 Å². The zero-order valence-corrected chi connectivity index (χ0v) is 16.6. The van der Waals surface area contributed by atoms with Crippen LogP contribution in [0.15, 0.2) is 72.8 Å². The van der Waals surface area contributed by atoms with Gasteiger partial charge in [-0.05, 0) is 71.7 Å². The highest BCUT2D eigenvalue weighted by atomic mass is 35.5. The van der Waals surface area contributed by atoms with Gasteiger partial charge in [-0.3, -0.25) is 9.59 Å². The predicted octanol–water partition coefficient (Wildman–Crippen LogP) is 4.88. The van der Waals surface area contributed by atoms with Crippen LogP contribution in [0.1, 0.15) is 41.4 Å². The minimum absolute atomic E-state index is 0.0216. The monoisotopic (exact) mass is 442 g/mol. The maximum atomic E-state index is 12.3. The Bertz CT molecular complexity index is 1050. The number of benzene rings is 3. The third-order valence-corrected chi connectivity index (χ3v) is 4.37. The average Bonchev–Trinajstić information content (AvgIpc) is 2.74. The fourth-order valence-electron chi connectivity index (χ4n) is 2.50. The molecular formula is C22H12Cl2O6. The van der Waals surface area contributed by atoms with Crippen LogP contribution < -0.4 is 9.47 Å². The summed E-state index contributed by atoms with van der Waals surface area (Å²) in [6.07, 6.45) is 0. The largest absolute Gasteiger partial charge is 0.422 e. The van der Waals surface area contributed by atoms with Crippen LogP contribution in [0.3, 0.4) is 0 Å². The smallest absolute Gasteiger partial charge is 0.343 e. The van der Waals surface area contributed by atoms with E-state index in [1.165, 1.54) is 48.5 Å². The molecule has 0 aromatic heterocycles. The molecular weight excluding hydrogens is 431 g/mol. The maximum absolute atomic E-state index is 12.3. The molecule has 3 rings (SSSR count). The minimum atomic E-state index is -0.757. The Labute approximate surface area is 180 Å². The Morgan fingerprint density at radius 3 is 1.20 bits per heavy atom. The number of carbonyl (C=O) groups is 4. The van der Waals surface area contributed by atoms with E-state index in [0.29, 0.717) is 0 Å². The van der Waals surface area contributed by atoms with Gasteiger partial charge in [-0.2, -0.15) is 0 Å². The highest BCUT2D eigenvalue weighted by Gasteiger charge is 2.17. The summed E-state index contributed by atoms with van der Waals surface area (Å²) in [5.41, 5.74) is 0.389. The quantitative estimate of drug-likeness (QED) is 0.307. The highest BCUT2D eigenvalue weighted by Crippen LogP contribution is 2.23. The van der Waals surface area contributed by atoms with Crippen molar-refractivity contribution in [3.8, 4) is 11.5 Å². The van der Waals surface area contributed by atoms with Gasteiger partial charge < -0.3 is 9.47 Å². The van der Waals surface area contributed by atoms with Gasteiger partial charge in [-0.15, -0.1) is 0 Å². The fourth-order valence-corrected chi connectivity index (χ4v) is 2.81. The summed E-state index contributed by atoms with van der Waals surface area (Å²) in [5, 5.41) is -1.51. The summed E-state index contributed by atoms with van der Waals surface area (Å²) in [7, 11) is 0. The molecule has 8 heteroatoms. The van der Waals surface area contributed by atoms with Crippen molar-refractivity contribution in [3.05, 3.63) is 95.1 Å². The van der Waals surface area contributed by atoms with E-state index in [0.717, 1.165) is 0 Å². The molecule has 150 valence electrons. The molecule has 0 aliphatic rings. The highest BCUT2D eigenvalue weighted by molar-refractivity contribution is 6.68. The summed E-state index contributed by atoms with van der Waals surface area (Å²) in [5.74, 6) is -1.43. The SMILES string of the molecule is O=C(Oc1ccccc1C(=O)Cl)c1ccc(C(=O)Oc2ccccc2C(=O)Cl)cc1. The number of rotatable bonds is 6. The molecule has 0 amide bonds. The van der Waals surface area contributed by atoms with Crippen LogP contribution in [-0.2, 0) is 0 Å². The van der Waals surface area contributed by atoms with Gasteiger partial charge in [-0.1, -0.05) is 24.3 Å². The van der Waals surface area contributed by atoms with E-state index in [-0.39, 0.29) is 33.8 Å². The average molecular weight is 443 g/mol. The van der Waals surface area contributed by atoms with Gasteiger partial charge >= 0.3 is 11.9 Å². The van der Waals surface area contributed by atoms with Crippen molar-refractivity contribution in [3.63, 3.8) is 0 Å². The number of halogens is 2. The second kappa shape index (κ2) is 9.35. The van der Waals surface area contributed by atoms with Crippen molar-refractivity contribution < 1.29 is 28.7 Å². The lowest BCUT2D eigenvalue weighted by molar-refractivity contribution is 0.0718. The van der Waals surface area contributed by atoms with Crippen LogP contribution in [0.5, 0.6) is 11.5 Å². The second-order valence-corrected chi connectivity index (χ2v) is 6.58. The van der Waals surface area contributed by atoms with Crippen LogP contribution in [0.2, 0.25) is 0 Å². The summed E-state index contributed by atoms with van der Waals surface area (Å²) in [4.78, 5) is 47.5. The normalized spacial score (nSPS) is 10.2. The molecule has 0 radical (unpaired) electrons. The van der Waals surface area contributed by atoms with Crippen molar-refractivity contribution in [2.75, 3.05) is 0 Å². The van der Waals surface area contributed by atoms with Crippen LogP contribution in [0, 0.1) is 0 Å². The van der Waals surface area contributed by atoms with E-state index in [9.17, 15) is 19.2 Å². The molecule has 0 aliphatic carbocycles. The molecule has 0 saturated carbocycles. The first-order chi connectivity index (χ1) is 14.4. The molecule has 0 unspecified atom stereocenters. The summed E-state index contributed by atoms with van der Waals surface area (Å²) in [6, 6.07) is 17.6. The van der Waals surface area contributed by atoms with Crippen molar-refractivity contribution in [2.24, 2.45) is 0 Å². The topological polar surface area (TPSA) is 86.7 Å². The molecule has 0 N–H and O–H groups in total. The summed E-state index contributed by atoms with van der Waals surface area (Å²) in [6.45, 7) is 0. The molecule has 0 heterocycles. The van der Waals surface area contributed by atoms with Gasteiger partial charge in [0.25, 0.3) is 10.5 Å². The van der Waals surface area contributed by atoms with E-state index >= 15 is 0 Å². The lowest BCUT2D eigenvalue weighted by atomic mass is 10.1. The third kappa shape index (κ3) is 4.92. The Morgan fingerprint density at radius 2 is 0.867 bits per heavy atom. The second-order valence-electron chi connectivity index (χ2n) is 5.90. The number of carbonyl (C=O) groups excluding carboxylic acids is 4. The lowest BCUT2D eigenvalue weighted by Gasteiger charge is -2.09. The Balaban J connectivity index is 1.74. The minimum Gasteiger partial charge on any atom is -0.422 e. The number of hydrogen-bond acceptors (Lipinski definition) is 6. The molecule has 0 fully saturated rings. The fraction of sp³-hybridized carbons (Fsp3) is 0. The van der Waals surface area contributed by atoms with Crippen LogP contribution >= 0.6 is 23.2 Å². The molecule has 0 saturated heterocycles. The van der Waals surface area contributed by atoms with Gasteiger partial charge in [-0.25, -0.2) is 9.59 Å². The van der Waals surface area contributed by atoms with Gasteiger partial charge in [0.15, 0.2) is 0 Å². The van der Waals surface area contributed by atoms with Gasteiger partial charge in [0.1, 0.15) is 11.5 Å².